The van der Waals surface area contributed by atoms with Crippen molar-refractivity contribution in [2.45, 2.75) is 50.1 Å². The normalized spacial score (nSPS) is 26.9. The molecule has 4 nitrogen and oxygen atoms in total. The van der Waals surface area contributed by atoms with Crippen molar-refractivity contribution < 1.29 is 0 Å². The molecule has 144 valence electrons. The Morgan fingerprint density at radius 2 is 2.00 bits per heavy atom. The monoisotopic (exact) mass is 392 g/mol. The standard InChI is InChI=1S/C23H25ClN4/c1-16-12-23(24,10-9-20(16)17-5-3-2-4-6-17)19-7-8-21-18(11-19)13-25-14-22-27-26-15-28(21)22/h2-8,11,15-16,20,25H,9-10,12-14H2,1H3. The number of fused-ring (bicyclic) bond motifs is 3. The molecule has 1 saturated carbocycles. The van der Waals surface area contributed by atoms with Gasteiger partial charge in [-0.3, -0.25) is 4.57 Å². The van der Waals surface area contributed by atoms with Crippen molar-refractivity contribution in [3.63, 3.8) is 0 Å². The third-order valence-corrected chi connectivity index (χ3v) is 7.05. The highest BCUT2D eigenvalue weighted by Crippen LogP contribution is 2.50. The van der Waals surface area contributed by atoms with Gasteiger partial charge in [-0.2, -0.15) is 0 Å². The van der Waals surface area contributed by atoms with E-state index in [0.717, 1.165) is 43.9 Å². The Hall–Kier alpha value is -2.17. The molecule has 3 unspecified atom stereocenters. The SMILES string of the molecule is CC1CC(Cl)(c2ccc3c(c2)CNCc2nncn2-3)CCC1c1ccccc1. The summed E-state index contributed by atoms with van der Waals surface area (Å²) in [5.74, 6) is 2.09. The zero-order chi connectivity index (χ0) is 19.1. The van der Waals surface area contributed by atoms with E-state index < -0.39 is 0 Å². The van der Waals surface area contributed by atoms with Crippen LogP contribution in [0.4, 0.5) is 0 Å². The van der Waals surface area contributed by atoms with Crippen LogP contribution in [0.25, 0.3) is 5.69 Å². The summed E-state index contributed by atoms with van der Waals surface area (Å²) in [5.41, 5.74) is 5.10. The Balaban J connectivity index is 1.43. The lowest BCUT2D eigenvalue weighted by molar-refractivity contribution is 0.270. The minimum absolute atomic E-state index is 0.290. The summed E-state index contributed by atoms with van der Waals surface area (Å²) < 4.78 is 2.08. The highest BCUT2D eigenvalue weighted by Gasteiger charge is 2.39. The second-order valence-corrected chi connectivity index (χ2v) is 8.99. The second kappa shape index (κ2) is 7.02. The predicted molar refractivity (Wildman–Crippen MR) is 112 cm³/mol. The highest BCUT2D eigenvalue weighted by molar-refractivity contribution is 6.24. The van der Waals surface area contributed by atoms with Crippen LogP contribution >= 0.6 is 11.6 Å². The molecule has 3 atom stereocenters. The molecule has 1 N–H and O–H groups in total. The third kappa shape index (κ3) is 3.05. The van der Waals surface area contributed by atoms with Crippen molar-refractivity contribution >= 4 is 11.6 Å². The summed E-state index contributed by atoms with van der Waals surface area (Å²) in [6.45, 7) is 3.90. The number of hydrogen-bond donors (Lipinski definition) is 1. The van der Waals surface area contributed by atoms with Gasteiger partial charge in [-0.05, 0) is 53.9 Å². The average Bonchev–Trinajstić information content (AvgIpc) is 3.10. The Morgan fingerprint density at radius 1 is 1.14 bits per heavy atom. The zero-order valence-electron chi connectivity index (χ0n) is 16.1. The Kier molecular flexibility index (Phi) is 4.48. The van der Waals surface area contributed by atoms with Crippen LogP contribution in [0, 0.1) is 5.92 Å². The number of nitrogens with one attached hydrogen (secondary N) is 1. The molecule has 2 heterocycles. The predicted octanol–water partition coefficient (Wildman–Crippen LogP) is 4.91. The van der Waals surface area contributed by atoms with E-state index in [1.54, 1.807) is 6.33 Å². The van der Waals surface area contributed by atoms with Gasteiger partial charge in [0.1, 0.15) is 6.33 Å². The van der Waals surface area contributed by atoms with Gasteiger partial charge >= 0.3 is 0 Å². The van der Waals surface area contributed by atoms with E-state index in [1.165, 1.54) is 16.7 Å². The van der Waals surface area contributed by atoms with Crippen LogP contribution in [0.5, 0.6) is 0 Å². The van der Waals surface area contributed by atoms with Crippen LogP contribution in [0.1, 0.15) is 54.6 Å². The number of hydrogen-bond acceptors (Lipinski definition) is 3. The van der Waals surface area contributed by atoms with Gasteiger partial charge in [0.2, 0.25) is 0 Å². The molecule has 2 aromatic carbocycles. The van der Waals surface area contributed by atoms with Gasteiger partial charge in [0, 0.05) is 6.54 Å². The topological polar surface area (TPSA) is 42.7 Å². The first-order chi connectivity index (χ1) is 13.6. The van der Waals surface area contributed by atoms with E-state index >= 15 is 0 Å². The van der Waals surface area contributed by atoms with Gasteiger partial charge in [-0.1, -0.05) is 49.4 Å². The minimum Gasteiger partial charge on any atom is -0.306 e. The molecule has 1 aliphatic carbocycles. The molecule has 0 radical (unpaired) electrons. The van der Waals surface area contributed by atoms with Crippen molar-refractivity contribution in [1.29, 1.82) is 0 Å². The van der Waals surface area contributed by atoms with Gasteiger partial charge < -0.3 is 5.32 Å². The van der Waals surface area contributed by atoms with Crippen molar-refractivity contribution in [3.05, 3.63) is 77.4 Å². The van der Waals surface area contributed by atoms with Crippen molar-refractivity contribution in [2.24, 2.45) is 5.92 Å². The summed E-state index contributed by atoms with van der Waals surface area (Å²) in [7, 11) is 0. The number of rotatable bonds is 2. The van der Waals surface area contributed by atoms with Crippen LogP contribution in [-0.4, -0.2) is 14.8 Å². The lowest BCUT2D eigenvalue weighted by Crippen LogP contribution is -2.31. The number of alkyl halides is 1. The van der Waals surface area contributed by atoms with Crippen molar-refractivity contribution in [2.75, 3.05) is 0 Å². The van der Waals surface area contributed by atoms with E-state index in [9.17, 15) is 0 Å². The van der Waals surface area contributed by atoms with E-state index in [1.807, 2.05) is 0 Å². The Labute approximate surface area is 170 Å². The smallest absolute Gasteiger partial charge is 0.151 e. The largest absolute Gasteiger partial charge is 0.306 e. The van der Waals surface area contributed by atoms with Gasteiger partial charge in [0.05, 0.1) is 17.1 Å². The second-order valence-electron chi connectivity index (χ2n) is 8.27. The molecule has 0 spiro atoms. The average molecular weight is 393 g/mol. The molecule has 5 rings (SSSR count). The molecule has 0 amide bonds. The van der Waals surface area contributed by atoms with Crippen LogP contribution in [0.15, 0.2) is 54.9 Å². The molecular formula is C23H25ClN4. The van der Waals surface area contributed by atoms with Crippen LogP contribution in [0.3, 0.4) is 0 Å². The minimum atomic E-state index is -0.290. The maximum Gasteiger partial charge on any atom is 0.151 e. The molecular weight excluding hydrogens is 368 g/mol. The van der Waals surface area contributed by atoms with Crippen molar-refractivity contribution in [3.8, 4) is 5.69 Å². The molecule has 1 aromatic heterocycles. The maximum absolute atomic E-state index is 7.26. The first-order valence-electron chi connectivity index (χ1n) is 10.1. The molecule has 1 aliphatic heterocycles. The highest BCUT2D eigenvalue weighted by atomic mass is 35.5. The summed E-state index contributed by atoms with van der Waals surface area (Å²) in [4.78, 5) is -0.290. The quantitative estimate of drug-likeness (QED) is 0.630. The van der Waals surface area contributed by atoms with Crippen LogP contribution in [-0.2, 0) is 18.0 Å². The van der Waals surface area contributed by atoms with Gasteiger partial charge in [0.15, 0.2) is 5.82 Å². The van der Waals surface area contributed by atoms with Crippen molar-refractivity contribution in [1.82, 2.24) is 20.1 Å². The molecule has 0 saturated heterocycles. The Morgan fingerprint density at radius 3 is 2.82 bits per heavy atom. The fourth-order valence-electron chi connectivity index (χ4n) is 5.01. The van der Waals surface area contributed by atoms with Gasteiger partial charge in [-0.25, -0.2) is 0 Å². The van der Waals surface area contributed by atoms with Crippen LogP contribution < -0.4 is 5.32 Å². The zero-order valence-corrected chi connectivity index (χ0v) is 16.9. The van der Waals surface area contributed by atoms with Gasteiger partial charge in [0.25, 0.3) is 0 Å². The third-order valence-electron chi connectivity index (χ3n) is 6.49. The van der Waals surface area contributed by atoms with E-state index in [0.29, 0.717) is 11.8 Å². The maximum atomic E-state index is 7.26. The molecule has 5 heteroatoms. The summed E-state index contributed by atoms with van der Waals surface area (Å²) in [6, 6.07) is 17.6. The molecule has 0 bridgehead atoms. The number of nitrogens with zero attached hydrogens (tertiary/aromatic N) is 3. The number of halogens is 1. The van der Waals surface area contributed by atoms with E-state index in [2.05, 4.69) is 75.5 Å². The van der Waals surface area contributed by atoms with E-state index in [4.69, 9.17) is 11.6 Å². The lowest BCUT2D eigenvalue weighted by atomic mass is 9.69. The molecule has 28 heavy (non-hydrogen) atoms. The Bertz CT molecular complexity index is 983. The fourth-order valence-corrected chi connectivity index (χ4v) is 5.48. The lowest BCUT2D eigenvalue weighted by Gasteiger charge is -2.40. The van der Waals surface area contributed by atoms with E-state index in [-0.39, 0.29) is 4.87 Å². The summed E-state index contributed by atoms with van der Waals surface area (Å²) in [6.07, 6.45) is 4.92. The number of aromatic nitrogens is 3. The first-order valence-corrected chi connectivity index (χ1v) is 10.5. The number of benzene rings is 2. The molecule has 2 aliphatic rings. The summed E-state index contributed by atoms with van der Waals surface area (Å²) in [5, 5.41) is 11.7. The first kappa shape index (κ1) is 17.9. The van der Waals surface area contributed by atoms with Gasteiger partial charge in [-0.15, -0.1) is 21.8 Å². The summed E-state index contributed by atoms with van der Waals surface area (Å²) >= 11 is 7.26. The molecule has 3 aromatic rings. The van der Waals surface area contributed by atoms with Crippen LogP contribution in [0.2, 0.25) is 0 Å². The fraction of sp³-hybridized carbons (Fsp3) is 0.391. The molecule has 1 fully saturated rings.